The molecule has 182 valence electrons. The number of aliphatic carboxylic acids is 1. The summed E-state index contributed by atoms with van der Waals surface area (Å²) >= 11 is 0. The van der Waals surface area contributed by atoms with Crippen molar-refractivity contribution in [3.05, 3.63) is 52.8 Å². The molecule has 1 atom stereocenters. The summed E-state index contributed by atoms with van der Waals surface area (Å²) in [4.78, 5) is 23.3. The number of aliphatic hydroxyl groups is 1. The van der Waals surface area contributed by atoms with Crippen molar-refractivity contribution >= 4 is 11.9 Å². The van der Waals surface area contributed by atoms with Crippen LogP contribution in [0.1, 0.15) is 74.8 Å². The highest BCUT2D eigenvalue weighted by Gasteiger charge is 2.34. The van der Waals surface area contributed by atoms with Crippen molar-refractivity contribution in [1.29, 1.82) is 0 Å². The standard InChI is InChI=1S/C26H38N2O5/c1-8-26(9-2,21-13-11-19(28(21)7)24(32)27-15-23(30)31)18-10-12-20(17(3)14-18)33-16-22(29)25(4,5)6/h10-14,22,29H,8-9,15-16H2,1-7H3,(H,27,32)(H,30,31). The van der Waals surface area contributed by atoms with Gasteiger partial charge in [-0.1, -0.05) is 46.8 Å². The van der Waals surface area contributed by atoms with E-state index < -0.39 is 24.5 Å². The first-order valence-electron chi connectivity index (χ1n) is 11.5. The number of carboxylic acid groups (broad SMARTS) is 1. The quantitative estimate of drug-likeness (QED) is 0.499. The van der Waals surface area contributed by atoms with Crippen molar-refractivity contribution in [1.82, 2.24) is 9.88 Å². The minimum absolute atomic E-state index is 0.225. The molecule has 1 aromatic heterocycles. The molecule has 0 saturated heterocycles. The molecule has 0 saturated carbocycles. The Balaban J connectivity index is 2.37. The van der Waals surface area contributed by atoms with E-state index in [1.807, 2.05) is 51.4 Å². The van der Waals surface area contributed by atoms with Crippen LogP contribution in [0.4, 0.5) is 0 Å². The van der Waals surface area contributed by atoms with E-state index in [2.05, 4.69) is 31.3 Å². The van der Waals surface area contributed by atoms with E-state index in [-0.39, 0.29) is 17.4 Å². The Morgan fingerprint density at radius 1 is 1.12 bits per heavy atom. The summed E-state index contributed by atoms with van der Waals surface area (Å²) in [5.41, 5.74) is 2.93. The van der Waals surface area contributed by atoms with Crippen molar-refractivity contribution in [3.8, 4) is 5.75 Å². The number of nitrogens with zero attached hydrogens (tertiary/aromatic N) is 1. The van der Waals surface area contributed by atoms with Gasteiger partial charge in [0, 0.05) is 18.2 Å². The Bertz CT molecular complexity index is 983. The second kappa shape index (κ2) is 10.4. The average Bonchev–Trinajstić information content (AvgIpc) is 3.13. The van der Waals surface area contributed by atoms with Crippen LogP contribution in [0.3, 0.4) is 0 Å². The first kappa shape index (κ1) is 26.5. The molecule has 0 aliphatic rings. The van der Waals surface area contributed by atoms with Crippen molar-refractivity contribution in [2.75, 3.05) is 13.2 Å². The van der Waals surface area contributed by atoms with Gasteiger partial charge in [-0.15, -0.1) is 0 Å². The van der Waals surface area contributed by atoms with E-state index in [9.17, 15) is 14.7 Å². The summed E-state index contributed by atoms with van der Waals surface area (Å²) in [6.07, 6.45) is 1.07. The van der Waals surface area contributed by atoms with Crippen LogP contribution in [0.25, 0.3) is 0 Å². The molecule has 0 fully saturated rings. The highest BCUT2D eigenvalue weighted by Crippen LogP contribution is 2.41. The fraction of sp³-hybridized carbons (Fsp3) is 0.538. The SMILES string of the molecule is CCC(CC)(c1ccc(OCC(O)C(C)(C)C)c(C)c1)c1ccc(C(=O)NCC(=O)O)n1C. The molecule has 1 amide bonds. The van der Waals surface area contributed by atoms with Crippen LogP contribution in [0.2, 0.25) is 0 Å². The first-order chi connectivity index (χ1) is 15.4. The third-order valence-corrected chi connectivity index (χ3v) is 6.58. The molecule has 7 nitrogen and oxygen atoms in total. The highest BCUT2D eigenvalue weighted by atomic mass is 16.5. The molecule has 0 radical (unpaired) electrons. The first-order valence-corrected chi connectivity index (χ1v) is 11.5. The molecule has 2 rings (SSSR count). The summed E-state index contributed by atoms with van der Waals surface area (Å²) in [6.45, 7) is 12.0. The fourth-order valence-corrected chi connectivity index (χ4v) is 4.16. The minimum Gasteiger partial charge on any atom is -0.491 e. The number of aryl methyl sites for hydroxylation is 1. The molecule has 0 spiro atoms. The van der Waals surface area contributed by atoms with Gasteiger partial charge in [0.05, 0.1) is 6.10 Å². The lowest BCUT2D eigenvalue weighted by Crippen LogP contribution is -2.33. The summed E-state index contributed by atoms with van der Waals surface area (Å²) in [7, 11) is 1.84. The van der Waals surface area contributed by atoms with E-state index in [1.54, 1.807) is 6.07 Å². The lowest BCUT2D eigenvalue weighted by Gasteiger charge is -2.34. The zero-order valence-corrected chi connectivity index (χ0v) is 20.9. The van der Waals surface area contributed by atoms with Gasteiger partial charge in [0.2, 0.25) is 0 Å². The van der Waals surface area contributed by atoms with Gasteiger partial charge in [-0.2, -0.15) is 0 Å². The van der Waals surface area contributed by atoms with Gasteiger partial charge in [0.25, 0.3) is 5.91 Å². The van der Waals surface area contributed by atoms with E-state index in [1.165, 1.54) is 0 Å². The maximum absolute atomic E-state index is 12.5. The zero-order chi connectivity index (χ0) is 25.0. The number of aromatic nitrogens is 1. The maximum atomic E-state index is 12.5. The number of nitrogens with one attached hydrogen (secondary N) is 1. The maximum Gasteiger partial charge on any atom is 0.322 e. The molecule has 1 heterocycles. The Hall–Kier alpha value is -2.80. The van der Waals surface area contributed by atoms with Crippen molar-refractivity contribution in [3.63, 3.8) is 0 Å². The van der Waals surface area contributed by atoms with Gasteiger partial charge in [-0.05, 0) is 54.5 Å². The molecule has 7 heteroatoms. The fourth-order valence-electron chi connectivity index (χ4n) is 4.16. The molecule has 0 bridgehead atoms. The number of hydrogen-bond acceptors (Lipinski definition) is 4. The Labute approximate surface area is 196 Å². The number of benzene rings is 1. The second-order valence-corrected chi connectivity index (χ2v) is 9.70. The predicted molar refractivity (Wildman–Crippen MR) is 129 cm³/mol. The third-order valence-electron chi connectivity index (χ3n) is 6.58. The molecule has 1 unspecified atom stereocenters. The molecular formula is C26H38N2O5. The molecule has 33 heavy (non-hydrogen) atoms. The van der Waals surface area contributed by atoms with Crippen LogP contribution in [0.15, 0.2) is 30.3 Å². The van der Waals surface area contributed by atoms with Gasteiger partial charge < -0.3 is 24.8 Å². The lowest BCUT2D eigenvalue weighted by atomic mass is 9.72. The van der Waals surface area contributed by atoms with E-state index >= 15 is 0 Å². The number of carbonyl (C=O) groups is 2. The van der Waals surface area contributed by atoms with Crippen molar-refractivity contribution in [2.24, 2.45) is 12.5 Å². The van der Waals surface area contributed by atoms with Crippen LogP contribution >= 0.6 is 0 Å². The summed E-state index contributed by atoms with van der Waals surface area (Å²) in [5, 5.41) is 21.6. The van der Waals surface area contributed by atoms with Crippen LogP contribution in [0, 0.1) is 12.3 Å². The van der Waals surface area contributed by atoms with Crippen LogP contribution < -0.4 is 10.1 Å². The third kappa shape index (κ3) is 5.77. The number of aliphatic hydroxyl groups excluding tert-OH is 1. The molecule has 2 aromatic rings. The smallest absolute Gasteiger partial charge is 0.322 e. The number of carbonyl (C=O) groups excluding carboxylic acids is 1. The summed E-state index contributed by atoms with van der Waals surface area (Å²) in [6, 6.07) is 9.80. The van der Waals surface area contributed by atoms with Crippen molar-refractivity contribution < 1.29 is 24.5 Å². The molecule has 0 aliphatic carbocycles. The van der Waals surface area contributed by atoms with Crippen LogP contribution in [-0.4, -0.2) is 45.9 Å². The Morgan fingerprint density at radius 3 is 2.27 bits per heavy atom. The van der Waals surface area contributed by atoms with Gasteiger partial charge in [-0.3, -0.25) is 9.59 Å². The molecular weight excluding hydrogens is 420 g/mol. The number of carboxylic acids is 1. The van der Waals surface area contributed by atoms with Crippen LogP contribution in [0.5, 0.6) is 5.75 Å². The topological polar surface area (TPSA) is 101 Å². The number of rotatable bonds is 10. The molecule has 1 aromatic carbocycles. The summed E-state index contributed by atoms with van der Waals surface area (Å²) in [5.74, 6) is -0.754. The van der Waals surface area contributed by atoms with Gasteiger partial charge in [0.1, 0.15) is 24.6 Å². The van der Waals surface area contributed by atoms with Gasteiger partial charge in [0.15, 0.2) is 0 Å². The number of hydrogen-bond donors (Lipinski definition) is 3. The zero-order valence-electron chi connectivity index (χ0n) is 20.9. The van der Waals surface area contributed by atoms with E-state index in [0.717, 1.165) is 35.4 Å². The molecule has 0 aliphatic heterocycles. The van der Waals surface area contributed by atoms with E-state index in [4.69, 9.17) is 9.84 Å². The normalized spacial score (nSPS) is 13.0. The number of amides is 1. The summed E-state index contributed by atoms with van der Waals surface area (Å²) < 4.78 is 7.77. The minimum atomic E-state index is -1.08. The van der Waals surface area contributed by atoms with Crippen LogP contribution in [-0.2, 0) is 17.3 Å². The second-order valence-electron chi connectivity index (χ2n) is 9.70. The average molecular weight is 459 g/mol. The van der Waals surface area contributed by atoms with Crippen molar-refractivity contribution in [2.45, 2.75) is 65.9 Å². The Kier molecular flexibility index (Phi) is 8.36. The van der Waals surface area contributed by atoms with Gasteiger partial charge in [-0.25, -0.2) is 0 Å². The monoisotopic (exact) mass is 458 g/mol. The van der Waals surface area contributed by atoms with Gasteiger partial charge >= 0.3 is 5.97 Å². The number of ether oxygens (including phenoxy) is 1. The largest absolute Gasteiger partial charge is 0.491 e. The van der Waals surface area contributed by atoms with E-state index in [0.29, 0.717) is 5.69 Å². The highest BCUT2D eigenvalue weighted by molar-refractivity contribution is 5.94. The predicted octanol–water partition coefficient (Wildman–Crippen LogP) is 4.04. The Morgan fingerprint density at radius 2 is 1.76 bits per heavy atom. The molecule has 3 N–H and O–H groups in total. The lowest BCUT2D eigenvalue weighted by molar-refractivity contribution is -0.135.